The van der Waals surface area contributed by atoms with Gasteiger partial charge in [-0.25, -0.2) is 18.4 Å². The molecule has 1 N–H and O–H groups in total. The summed E-state index contributed by atoms with van der Waals surface area (Å²) in [6.07, 6.45) is 0. The standard InChI is InChI=1S/C25H18F2INO4S/c1-32-24(30)19-6-3-15(9-10-34-28)11-18(19)14-29-23-13-17(4-7-20(23)25(31)33-2)16-5-8-21(26)22(27)12-16/h3-8,11-13,29H,14H2,1-2H3. The van der Waals surface area contributed by atoms with Crippen molar-refractivity contribution in [3.63, 3.8) is 0 Å². The first-order valence-corrected chi connectivity index (χ1v) is 13.1. The molecule has 0 unspecified atom stereocenters. The number of carbonyl (C=O) groups is 2. The Hall–Kier alpha value is -3.10. The number of esters is 2. The van der Waals surface area contributed by atoms with Gasteiger partial charge in [0.05, 0.1) is 25.3 Å². The topological polar surface area (TPSA) is 64.6 Å². The molecule has 0 atom stereocenters. The Morgan fingerprint density at radius 3 is 2.24 bits per heavy atom. The lowest BCUT2D eigenvalue weighted by Gasteiger charge is -2.15. The van der Waals surface area contributed by atoms with Gasteiger partial charge in [0, 0.05) is 39.0 Å². The highest BCUT2D eigenvalue weighted by Gasteiger charge is 2.16. The van der Waals surface area contributed by atoms with E-state index in [0.717, 1.165) is 12.1 Å². The molecule has 0 aliphatic rings. The third-order valence-corrected chi connectivity index (χ3v) is 5.73. The molecule has 0 saturated carbocycles. The quantitative estimate of drug-likeness (QED) is 0.209. The summed E-state index contributed by atoms with van der Waals surface area (Å²) in [4.78, 5) is 24.6. The minimum absolute atomic E-state index is 0.155. The number of benzene rings is 3. The van der Waals surface area contributed by atoms with Gasteiger partial charge in [-0.3, -0.25) is 0 Å². The maximum absolute atomic E-state index is 13.8. The molecule has 0 aliphatic heterocycles. The first-order chi connectivity index (χ1) is 16.4. The maximum Gasteiger partial charge on any atom is 0.339 e. The summed E-state index contributed by atoms with van der Waals surface area (Å²) in [6, 6.07) is 13.4. The molecular formula is C25H18F2INO4S. The molecule has 5 nitrogen and oxygen atoms in total. The molecule has 3 aromatic rings. The maximum atomic E-state index is 13.8. The largest absolute Gasteiger partial charge is 0.465 e. The van der Waals surface area contributed by atoms with Gasteiger partial charge in [0.1, 0.15) is 0 Å². The first kappa shape index (κ1) is 25.5. The van der Waals surface area contributed by atoms with E-state index in [0.29, 0.717) is 33.5 Å². The van der Waals surface area contributed by atoms with Crippen molar-refractivity contribution in [2.24, 2.45) is 0 Å². The number of ether oxygens (including phenoxy) is 2. The Labute approximate surface area is 211 Å². The van der Waals surface area contributed by atoms with E-state index in [1.54, 1.807) is 30.3 Å². The van der Waals surface area contributed by atoms with Crippen LogP contribution in [0.2, 0.25) is 0 Å². The van der Waals surface area contributed by atoms with Gasteiger partial charge in [0.15, 0.2) is 11.6 Å². The van der Waals surface area contributed by atoms with E-state index in [9.17, 15) is 18.4 Å². The number of methoxy groups -OCH3 is 2. The molecule has 0 amide bonds. The Balaban J connectivity index is 2.01. The number of halogens is 3. The second kappa shape index (κ2) is 11.9. The molecule has 3 rings (SSSR count). The van der Waals surface area contributed by atoms with Crippen LogP contribution in [0, 0.1) is 22.8 Å². The molecule has 0 heterocycles. The minimum atomic E-state index is -0.977. The van der Waals surface area contributed by atoms with Crippen LogP contribution < -0.4 is 5.32 Å². The third kappa shape index (κ3) is 6.07. The second-order valence-electron chi connectivity index (χ2n) is 6.90. The Morgan fingerprint density at radius 2 is 1.56 bits per heavy atom. The first-order valence-electron chi connectivity index (χ1n) is 9.79. The molecule has 0 saturated heterocycles. The molecule has 174 valence electrons. The lowest BCUT2D eigenvalue weighted by molar-refractivity contribution is 0.0591. The number of nitrogens with one attached hydrogen (secondary N) is 1. The van der Waals surface area contributed by atoms with Gasteiger partial charge >= 0.3 is 11.9 Å². The van der Waals surface area contributed by atoms with Crippen LogP contribution in [0.15, 0.2) is 54.6 Å². The SMILES string of the molecule is COC(=O)c1ccc(C#CSI)cc1CNc1cc(-c2ccc(F)c(F)c2)ccc1C(=O)OC. The van der Waals surface area contributed by atoms with E-state index >= 15 is 0 Å². The fourth-order valence-electron chi connectivity index (χ4n) is 3.23. The van der Waals surface area contributed by atoms with Crippen LogP contribution in [0.3, 0.4) is 0 Å². The van der Waals surface area contributed by atoms with Crippen LogP contribution in [0.1, 0.15) is 31.8 Å². The molecular weight excluding hydrogens is 575 g/mol. The van der Waals surface area contributed by atoms with Crippen LogP contribution in [-0.2, 0) is 16.0 Å². The molecule has 0 aliphatic carbocycles. The smallest absolute Gasteiger partial charge is 0.339 e. The highest BCUT2D eigenvalue weighted by Crippen LogP contribution is 2.28. The molecule has 0 spiro atoms. The minimum Gasteiger partial charge on any atom is -0.465 e. The zero-order chi connectivity index (χ0) is 24.7. The van der Waals surface area contributed by atoms with E-state index in [-0.39, 0.29) is 12.1 Å². The zero-order valence-electron chi connectivity index (χ0n) is 18.1. The summed E-state index contributed by atoms with van der Waals surface area (Å²) in [5.74, 6) is -0.0356. The predicted octanol–water partition coefficient (Wildman–Crippen LogP) is 6.21. The van der Waals surface area contributed by atoms with Crippen molar-refractivity contribution < 1.29 is 27.8 Å². The molecule has 0 fully saturated rings. The summed E-state index contributed by atoms with van der Waals surface area (Å²) in [5, 5.41) is 6.04. The zero-order valence-corrected chi connectivity index (χ0v) is 21.1. The third-order valence-electron chi connectivity index (χ3n) is 4.89. The lowest BCUT2D eigenvalue weighted by Crippen LogP contribution is -2.12. The summed E-state index contributed by atoms with van der Waals surface area (Å²) < 4.78 is 36.9. The highest BCUT2D eigenvalue weighted by molar-refractivity contribution is 14.2. The van der Waals surface area contributed by atoms with E-state index in [1.165, 1.54) is 35.3 Å². The Kier molecular flexibility index (Phi) is 8.90. The van der Waals surface area contributed by atoms with Crippen LogP contribution in [0.4, 0.5) is 14.5 Å². The van der Waals surface area contributed by atoms with Crippen LogP contribution in [0.25, 0.3) is 11.1 Å². The van der Waals surface area contributed by atoms with E-state index in [4.69, 9.17) is 9.47 Å². The van der Waals surface area contributed by atoms with Crippen molar-refractivity contribution in [1.82, 2.24) is 0 Å². The molecule has 0 bridgehead atoms. The summed E-state index contributed by atoms with van der Waals surface area (Å²) in [5.41, 5.74) is 3.28. The van der Waals surface area contributed by atoms with Gasteiger partial charge in [-0.2, -0.15) is 0 Å². The molecule has 9 heteroatoms. The Bertz CT molecular complexity index is 1300. The van der Waals surface area contributed by atoms with Crippen molar-refractivity contribution in [2.75, 3.05) is 19.5 Å². The normalized spacial score (nSPS) is 10.1. The number of anilines is 1. The van der Waals surface area contributed by atoms with E-state index < -0.39 is 23.6 Å². The van der Waals surface area contributed by atoms with Gasteiger partial charge in [-0.1, -0.05) is 18.1 Å². The van der Waals surface area contributed by atoms with Gasteiger partial charge in [0.25, 0.3) is 0 Å². The fourth-order valence-corrected chi connectivity index (χ4v) is 3.72. The molecule has 34 heavy (non-hydrogen) atoms. The predicted molar refractivity (Wildman–Crippen MR) is 137 cm³/mol. The van der Waals surface area contributed by atoms with Crippen LogP contribution >= 0.6 is 30.1 Å². The fraction of sp³-hybridized carbons (Fsp3) is 0.120. The lowest BCUT2D eigenvalue weighted by atomic mass is 10.0. The number of rotatable bonds is 6. The molecule has 0 aromatic heterocycles. The Morgan fingerprint density at radius 1 is 0.912 bits per heavy atom. The molecule has 3 aromatic carbocycles. The molecule has 0 radical (unpaired) electrons. The van der Waals surface area contributed by atoms with E-state index in [1.807, 2.05) is 0 Å². The summed E-state index contributed by atoms with van der Waals surface area (Å²) in [7, 11) is 3.89. The average Bonchev–Trinajstić information content (AvgIpc) is 2.86. The highest BCUT2D eigenvalue weighted by atomic mass is 127. The van der Waals surface area contributed by atoms with Crippen molar-refractivity contribution in [2.45, 2.75) is 6.54 Å². The van der Waals surface area contributed by atoms with Gasteiger partial charge < -0.3 is 14.8 Å². The average molecular weight is 593 g/mol. The van der Waals surface area contributed by atoms with E-state index in [2.05, 4.69) is 37.7 Å². The summed E-state index contributed by atoms with van der Waals surface area (Å²) in [6.45, 7) is 0.155. The number of hydrogen-bond acceptors (Lipinski definition) is 6. The summed E-state index contributed by atoms with van der Waals surface area (Å²) >= 11 is 2.06. The van der Waals surface area contributed by atoms with Crippen molar-refractivity contribution in [3.8, 4) is 22.3 Å². The number of carbonyl (C=O) groups excluding carboxylic acids is 2. The monoisotopic (exact) mass is 593 g/mol. The van der Waals surface area contributed by atoms with Crippen molar-refractivity contribution >= 4 is 47.8 Å². The van der Waals surface area contributed by atoms with Gasteiger partial charge in [0.2, 0.25) is 0 Å². The van der Waals surface area contributed by atoms with Gasteiger partial charge in [-0.15, -0.1) is 0 Å². The second-order valence-corrected chi connectivity index (χ2v) is 8.58. The van der Waals surface area contributed by atoms with Crippen LogP contribution in [-0.4, -0.2) is 26.2 Å². The van der Waals surface area contributed by atoms with Gasteiger partial charge in [-0.05, 0) is 73.3 Å². The number of hydrogen-bond donors (Lipinski definition) is 1. The van der Waals surface area contributed by atoms with Crippen molar-refractivity contribution in [3.05, 3.63) is 88.5 Å². The van der Waals surface area contributed by atoms with Crippen LogP contribution in [0.5, 0.6) is 0 Å². The van der Waals surface area contributed by atoms with Crippen molar-refractivity contribution in [1.29, 1.82) is 0 Å².